The monoisotopic (exact) mass is 291 g/mol. The predicted octanol–water partition coefficient (Wildman–Crippen LogP) is 0.656. The minimum Gasteiger partial charge on any atom is -0.370 e. The molecule has 21 heavy (non-hydrogen) atoms. The van der Waals surface area contributed by atoms with Crippen molar-refractivity contribution in [1.29, 1.82) is 0 Å². The van der Waals surface area contributed by atoms with Gasteiger partial charge < -0.3 is 9.72 Å². The molecule has 3 rings (SSSR count). The Morgan fingerprint density at radius 1 is 1.52 bits per heavy atom. The second-order valence-electron chi connectivity index (χ2n) is 6.38. The van der Waals surface area contributed by atoms with Gasteiger partial charge in [-0.1, -0.05) is 0 Å². The van der Waals surface area contributed by atoms with E-state index in [2.05, 4.69) is 40.7 Å². The van der Waals surface area contributed by atoms with Gasteiger partial charge in [-0.15, -0.1) is 0 Å². The van der Waals surface area contributed by atoms with Gasteiger partial charge in [0.2, 0.25) is 0 Å². The van der Waals surface area contributed by atoms with E-state index in [-0.39, 0.29) is 17.3 Å². The van der Waals surface area contributed by atoms with Gasteiger partial charge in [-0.3, -0.25) is 14.4 Å². The van der Waals surface area contributed by atoms with Crippen LogP contribution in [0.5, 0.6) is 0 Å². The van der Waals surface area contributed by atoms with Crippen LogP contribution < -0.4 is 5.56 Å². The molecule has 0 spiro atoms. The maximum absolute atomic E-state index is 12.1. The van der Waals surface area contributed by atoms with Gasteiger partial charge >= 0.3 is 0 Å². The molecule has 7 heteroatoms. The summed E-state index contributed by atoms with van der Waals surface area (Å²) in [6.07, 6.45) is 1.71. The van der Waals surface area contributed by atoms with Crippen molar-refractivity contribution < 1.29 is 4.74 Å². The molecule has 2 aromatic rings. The van der Waals surface area contributed by atoms with Crippen LogP contribution in [-0.2, 0) is 18.3 Å². The number of hydrogen-bond donors (Lipinski definition) is 1. The van der Waals surface area contributed by atoms with E-state index in [9.17, 15) is 4.79 Å². The van der Waals surface area contributed by atoms with Crippen LogP contribution in [0, 0.1) is 0 Å². The molecular weight excluding hydrogens is 270 g/mol. The molecule has 1 fully saturated rings. The third-order valence-electron chi connectivity index (χ3n) is 3.66. The molecule has 7 nitrogen and oxygen atoms in total. The molecule has 114 valence electrons. The maximum atomic E-state index is 12.1. The Balaban J connectivity index is 1.88. The van der Waals surface area contributed by atoms with Crippen molar-refractivity contribution in [2.75, 3.05) is 13.1 Å². The van der Waals surface area contributed by atoms with Gasteiger partial charge in [0.05, 0.1) is 24.4 Å². The van der Waals surface area contributed by atoms with E-state index in [0.29, 0.717) is 23.4 Å². The number of aromatic amines is 1. The predicted molar refractivity (Wildman–Crippen MR) is 79.0 cm³/mol. The van der Waals surface area contributed by atoms with Crippen molar-refractivity contribution in [3.63, 3.8) is 0 Å². The first kappa shape index (κ1) is 14.2. The maximum Gasteiger partial charge on any atom is 0.262 e. The lowest BCUT2D eigenvalue weighted by Crippen LogP contribution is -2.51. The van der Waals surface area contributed by atoms with Crippen molar-refractivity contribution in [2.45, 2.75) is 39.0 Å². The fourth-order valence-corrected chi connectivity index (χ4v) is 3.07. The third kappa shape index (κ3) is 2.84. The van der Waals surface area contributed by atoms with E-state index in [1.807, 2.05) is 0 Å². The number of hydrogen-bond acceptors (Lipinski definition) is 5. The fourth-order valence-electron chi connectivity index (χ4n) is 3.07. The molecule has 1 N–H and O–H groups in total. The highest BCUT2D eigenvalue weighted by Crippen LogP contribution is 2.21. The molecule has 1 saturated heterocycles. The van der Waals surface area contributed by atoms with Crippen LogP contribution in [0.4, 0.5) is 0 Å². The molecule has 3 heterocycles. The van der Waals surface area contributed by atoms with Crippen LogP contribution in [0.15, 0.2) is 11.0 Å². The van der Waals surface area contributed by atoms with Crippen LogP contribution in [0.25, 0.3) is 11.0 Å². The number of nitrogens with one attached hydrogen (secondary N) is 1. The lowest BCUT2D eigenvalue weighted by Gasteiger charge is -2.41. The van der Waals surface area contributed by atoms with Crippen molar-refractivity contribution >= 4 is 11.0 Å². The van der Waals surface area contributed by atoms with Gasteiger partial charge in [-0.25, -0.2) is 4.98 Å². The lowest BCUT2D eigenvalue weighted by atomic mass is 10.1. The zero-order valence-corrected chi connectivity index (χ0v) is 12.9. The summed E-state index contributed by atoms with van der Waals surface area (Å²) in [7, 11) is 1.79. The van der Waals surface area contributed by atoms with Gasteiger partial charge in [-0.05, 0) is 20.8 Å². The number of rotatable bonds is 2. The zero-order valence-electron chi connectivity index (χ0n) is 12.9. The largest absolute Gasteiger partial charge is 0.370 e. The number of aromatic nitrogens is 4. The standard InChI is InChI=1S/C14H21N5O2/c1-9-6-19(8-14(2,3)21-9)7-11-16-12-10(13(20)17-11)5-15-18(12)4/h5,9H,6-8H2,1-4H3,(H,16,17,20)/t9-/m0/s1. The third-order valence-corrected chi connectivity index (χ3v) is 3.66. The summed E-state index contributed by atoms with van der Waals surface area (Å²) >= 11 is 0. The summed E-state index contributed by atoms with van der Waals surface area (Å²) in [6.45, 7) is 8.47. The Morgan fingerprint density at radius 2 is 2.29 bits per heavy atom. The number of nitrogens with zero attached hydrogens (tertiary/aromatic N) is 4. The fraction of sp³-hybridized carbons (Fsp3) is 0.643. The Hall–Kier alpha value is -1.73. The van der Waals surface area contributed by atoms with Crippen LogP contribution in [0.1, 0.15) is 26.6 Å². The summed E-state index contributed by atoms with van der Waals surface area (Å²) in [6, 6.07) is 0. The molecule has 1 atom stereocenters. The zero-order chi connectivity index (χ0) is 15.2. The van der Waals surface area contributed by atoms with Crippen molar-refractivity contribution in [3.8, 4) is 0 Å². The van der Waals surface area contributed by atoms with E-state index in [0.717, 1.165) is 13.1 Å². The lowest BCUT2D eigenvalue weighted by molar-refractivity contribution is -0.131. The Morgan fingerprint density at radius 3 is 3.00 bits per heavy atom. The summed E-state index contributed by atoms with van der Waals surface area (Å²) in [4.78, 5) is 21.7. The average molecular weight is 291 g/mol. The first-order valence-electron chi connectivity index (χ1n) is 7.15. The summed E-state index contributed by atoms with van der Waals surface area (Å²) in [5, 5.41) is 4.61. The minimum atomic E-state index is -0.186. The number of ether oxygens (including phenoxy) is 1. The second kappa shape index (κ2) is 4.92. The molecule has 0 amide bonds. The highest BCUT2D eigenvalue weighted by atomic mass is 16.5. The Labute approximate surface area is 122 Å². The van der Waals surface area contributed by atoms with Crippen molar-refractivity contribution in [1.82, 2.24) is 24.6 Å². The topological polar surface area (TPSA) is 76.0 Å². The average Bonchev–Trinajstić information content (AvgIpc) is 2.69. The van der Waals surface area contributed by atoms with Gasteiger partial charge in [0.1, 0.15) is 11.2 Å². The van der Waals surface area contributed by atoms with Gasteiger partial charge in [-0.2, -0.15) is 5.10 Å². The highest BCUT2D eigenvalue weighted by molar-refractivity contribution is 5.72. The number of fused-ring (bicyclic) bond motifs is 1. The molecule has 0 saturated carbocycles. The summed E-state index contributed by atoms with van der Waals surface area (Å²) < 4.78 is 7.52. The van der Waals surface area contributed by atoms with Gasteiger partial charge in [0, 0.05) is 20.1 Å². The highest BCUT2D eigenvalue weighted by Gasteiger charge is 2.31. The summed E-state index contributed by atoms with van der Waals surface area (Å²) in [5.41, 5.74) is 0.298. The van der Waals surface area contributed by atoms with Crippen LogP contribution in [-0.4, -0.2) is 49.4 Å². The van der Waals surface area contributed by atoms with Crippen molar-refractivity contribution in [2.24, 2.45) is 7.05 Å². The Kier molecular flexibility index (Phi) is 3.33. The molecule has 2 aromatic heterocycles. The van der Waals surface area contributed by atoms with Crippen LogP contribution in [0.2, 0.25) is 0 Å². The number of morpholine rings is 1. The molecule has 0 aliphatic carbocycles. The number of H-pyrrole nitrogens is 1. The first-order valence-corrected chi connectivity index (χ1v) is 7.15. The molecule has 0 unspecified atom stereocenters. The SMILES string of the molecule is C[C@H]1CN(Cc2nc3c(cnn3C)c(=O)[nH]2)CC(C)(C)O1. The normalized spacial score (nSPS) is 22.8. The smallest absolute Gasteiger partial charge is 0.262 e. The van der Waals surface area contributed by atoms with Crippen molar-refractivity contribution in [3.05, 3.63) is 22.4 Å². The minimum absolute atomic E-state index is 0.135. The molecule has 1 aliphatic rings. The van der Waals surface area contributed by atoms with E-state index in [1.54, 1.807) is 17.9 Å². The van der Waals surface area contributed by atoms with Crippen LogP contribution >= 0.6 is 0 Å². The summed E-state index contributed by atoms with van der Waals surface area (Å²) in [5.74, 6) is 0.668. The first-order chi connectivity index (χ1) is 9.84. The van der Waals surface area contributed by atoms with E-state index >= 15 is 0 Å². The number of aryl methyl sites for hydroxylation is 1. The molecule has 1 aliphatic heterocycles. The quantitative estimate of drug-likeness (QED) is 0.879. The second-order valence-corrected chi connectivity index (χ2v) is 6.38. The van der Waals surface area contributed by atoms with E-state index in [4.69, 9.17) is 4.74 Å². The molecule has 0 aromatic carbocycles. The Bertz CT molecular complexity index is 718. The van der Waals surface area contributed by atoms with Gasteiger partial charge in [0.15, 0.2) is 5.65 Å². The van der Waals surface area contributed by atoms with Gasteiger partial charge in [0.25, 0.3) is 5.56 Å². The molecule has 0 radical (unpaired) electrons. The molecular formula is C14H21N5O2. The van der Waals surface area contributed by atoms with E-state index < -0.39 is 0 Å². The molecule has 0 bridgehead atoms. The van der Waals surface area contributed by atoms with E-state index in [1.165, 1.54) is 0 Å². The van der Waals surface area contributed by atoms with Crippen LogP contribution in [0.3, 0.4) is 0 Å².